The van der Waals surface area contributed by atoms with Gasteiger partial charge in [-0.15, -0.1) is 0 Å². The highest BCUT2D eigenvalue weighted by molar-refractivity contribution is 5.88. The van der Waals surface area contributed by atoms with Crippen molar-refractivity contribution < 1.29 is 14.6 Å². The van der Waals surface area contributed by atoms with Crippen LogP contribution in [-0.4, -0.2) is 38.7 Å². The molecule has 8 nitrogen and oxygen atoms in total. The summed E-state index contributed by atoms with van der Waals surface area (Å²) < 4.78 is 9.67. The molecule has 0 unspecified atom stereocenters. The van der Waals surface area contributed by atoms with Crippen LogP contribution in [0.5, 0.6) is 5.75 Å². The van der Waals surface area contributed by atoms with Crippen molar-refractivity contribution in [2.45, 2.75) is 71.0 Å². The number of fused-ring (bicyclic) bond motifs is 4. The lowest BCUT2D eigenvalue weighted by Crippen LogP contribution is -2.57. The van der Waals surface area contributed by atoms with E-state index in [0.29, 0.717) is 11.4 Å². The van der Waals surface area contributed by atoms with Crippen molar-refractivity contribution in [1.82, 2.24) is 14.5 Å². The molecule has 1 fully saturated rings. The zero-order valence-corrected chi connectivity index (χ0v) is 20.9. The topological polar surface area (TPSA) is 89.6 Å². The van der Waals surface area contributed by atoms with Gasteiger partial charge in [-0.05, 0) is 58.2 Å². The molecule has 0 radical (unpaired) electrons. The molecule has 1 N–H and O–H groups in total. The van der Waals surface area contributed by atoms with Crippen molar-refractivity contribution in [1.29, 1.82) is 0 Å². The number of nitrogens with zero attached hydrogens (tertiary/aromatic N) is 4. The van der Waals surface area contributed by atoms with Gasteiger partial charge in [-0.2, -0.15) is 5.10 Å². The van der Waals surface area contributed by atoms with Crippen molar-refractivity contribution in [3.8, 4) is 28.1 Å². The maximum Gasteiger partial charge on any atom is 0.341 e. The van der Waals surface area contributed by atoms with Gasteiger partial charge in [0.2, 0.25) is 0 Å². The van der Waals surface area contributed by atoms with E-state index in [-0.39, 0.29) is 23.2 Å². The summed E-state index contributed by atoms with van der Waals surface area (Å²) in [6.45, 7) is 8.42. The highest BCUT2D eigenvalue weighted by Gasteiger charge is 2.48. The molecule has 3 aromatic rings. The van der Waals surface area contributed by atoms with Crippen molar-refractivity contribution >= 4 is 5.97 Å². The molecule has 184 valence electrons. The van der Waals surface area contributed by atoms with E-state index in [0.717, 1.165) is 47.9 Å². The number of carboxylic acids is 1. The third kappa shape index (κ3) is 3.46. The number of carboxylic acid groups (broad SMARTS) is 1. The van der Waals surface area contributed by atoms with Crippen LogP contribution >= 0.6 is 0 Å². The standard InChI is InChI=1S/C27H32N4O4/c1-16(2)29-14-18(13-28-29)19-10-22-20(11-25(19)35-5)23-12-24(32)21(26(33)34)15-30(23)31(17(3)4)27(22)8-6-7-9-27/h10-17H,6-9H2,1-5H3,(H,33,34). The Labute approximate surface area is 204 Å². The third-order valence-electron chi connectivity index (χ3n) is 7.41. The molecule has 8 heteroatoms. The smallest absolute Gasteiger partial charge is 0.341 e. The number of hydrogen-bond donors (Lipinski definition) is 1. The molecule has 1 aliphatic carbocycles. The first-order valence-electron chi connectivity index (χ1n) is 12.2. The zero-order valence-electron chi connectivity index (χ0n) is 20.9. The fourth-order valence-corrected chi connectivity index (χ4v) is 5.93. The maximum atomic E-state index is 12.8. The molecule has 1 aromatic carbocycles. The number of methoxy groups -OCH3 is 1. The first-order valence-corrected chi connectivity index (χ1v) is 12.2. The van der Waals surface area contributed by atoms with E-state index in [4.69, 9.17) is 4.74 Å². The lowest BCUT2D eigenvalue weighted by atomic mass is 9.79. The fraction of sp³-hybridized carbons (Fsp3) is 0.444. The Kier molecular flexibility index (Phi) is 5.49. The molecule has 0 bridgehead atoms. The van der Waals surface area contributed by atoms with Crippen LogP contribution in [0.3, 0.4) is 0 Å². The molecule has 0 amide bonds. The van der Waals surface area contributed by atoms with Crippen LogP contribution in [0.15, 0.2) is 41.6 Å². The van der Waals surface area contributed by atoms with Crippen LogP contribution in [0, 0.1) is 0 Å². The minimum absolute atomic E-state index is 0.0818. The molecule has 5 rings (SSSR count). The normalized spacial score (nSPS) is 16.1. The molecule has 2 aliphatic rings. The van der Waals surface area contributed by atoms with Crippen LogP contribution < -0.4 is 15.2 Å². The van der Waals surface area contributed by atoms with Crippen LogP contribution in [0.25, 0.3) is 22.4 Å². The van der Waals surface area contributed by atoms with Gasteiger partial charge in [0, 0.05) is 47.2 Å². The maximum absolute atomic E-state index is 12.8. The van der Waals surface area contributed by atoms with E-state index in [1.54, 1.807) is 7.11 Å². The Hall–Kier alpha value is -3.55. The van der Waals surface area contributed by atoms with Gasteiger partial charge in [0.15, 0.2) is 5.43 Å². The molecule has 2 aromatic heterocycles. The number of aromatic carboxylic acids is 1. The van der Waals surface area contributed by atoms with E-state index in [9.17, 15) is 14.7 Å². The molecule has 1 saturated carbocycles. The van der Waals surface area contributed by atoms with E-state index in [2.05, 4.69) is 43.9 Å². The van der Waals surface area contributed by atoms with Crippen molar-refractivity contribution in [2.24, 2.45) is 0 Å². The van der Waals surface area contributed by atoms with Crippen LogP contribution in [0.1, 0.15) is 75.3 Å². The minimum Gasteiger partial charge on any atom is -0.496 e. The highest BCUT2D eigenvalue weighted by Crippen LogP contribution is 2.52. The number of aromatic nitrogens is 3. The Bertz CT molecular complexity index is 1360. The second-order valence-electron chi connectivity index (χ2n) is 10.2. The lowest BCUT2D eigenvalue weighted by molar-refractivity contribution is 0.0694. The van der Waals surface area contributed by atoms with Crippen molar-refractivity contribution in [3.63, 3.8) is 0 Å². The molecular weight excluding hydrogens is 444 g/mol. The predicted octanol–water partition coefficient (Wildman–Crippen LogP) is 4.80. The van der Waals surface area contributed by atoms with Gasteiger partial charge in [-0.3, -0.25) is 19.2 Å². The number of pyridine rings is 1. The lowest BCUT2D eigenvalue weighted by Gasteiger charge is -2.51. The van der Waals surface area contributed by atoms with E-state index in [1.807, 2.05) is 27.8 Å². The molecule has 1 aliphatic heterocycles. The van der Waals surface area contributed by atoms with Crippen molar-refractivity contribution in [2.75, 3.05) is 12.1 Å². The monoisotopic (exact) mass is 476 g/mol. The van der Waals surface area contributed by atoms with E-state index >= 15 is 0 Å². The fourth-order valence-electron chi connectivity index (χ4n) is 5.93. The largest absolute Gasteiger partial charge is 0.496 e. The SMILES string of the molecule is COc1cc2c(cc1-c1cnn(C(C)C)c1)C1(CCCC1)N(C(C)C)n1cc(C(=O)O)c(=O)cc1-2. The molecule has 1 spiro atoms. The van der Waals surface area contributed by atoms with Gasteiger partial charge < -0.3 is 9.84 Å². The number of rotatable bonds is 5. The van der Waals surface area contributed by atoms with Gasteiger partial charge >= 0.3 is 5.97 Å². The summed E-state index contributed by atoms with van der Waals surface area (Å²) in [7, 11) is 1.65. The number of ether oxygens (including phenoxy) is 1. The summed E-state index contributed by atoms with van der Waals surface area (Å²) in [4.78, 5) is 24.6. The minimum atomic E-state index is -1.21. The Balaban J connectivity index is 1.84. The molecular formula is C27H32N4O4. The van der Waals surface area contributed by atoms with Crippen LogP contribution in [0.4, 0.5) is 0 Å². The second kappa shape index (κ2) is 8.29. The van der Waals surface area contributed by atoms with E-state index < -0.39 is 11.4 Å². The summed E-state index contributed by atoms with van der Waals surface area (Å²) in [6, 6.07) is 5.98. The summed E-state index contributed by atoms with van der Waals surface area (Å²) in [5.41, 5.74) is 3.66. The second-order valence-corrected chi connectivity index (χ2v) is 10.2. The predicted molar refractivity (Wildman–Crippen MR) is 135 cm³/mol. The summed E-state index contributed by atoms with van der Waals surface area (Å²) in [5.74, 6) is -0.519. The highest BCUT2D eigenvalue weighted by atomic mass is 16.5. The quantitative estimate of drug-likeness (QED) is 0.569. The number of hydrogen-bond acceptors (Lipinski definition) is 5. The Morgan fingerprint density at radius 1 is 1.06 bits per heavy atom. The first kappa shape index (κ1) is 23.2. The number of benzene rings is 1. The zero-order chi connectivity index (χ0) is 25.1. The number of carbonyl (C=O) groups is 1. The average Bonchev–Trinajstić information content (AvgIpc) is 3.49. The summed E-state index contributed by atoms with van der Waals surface area (Å²) in [5, 5.41) is 16.5. The van der Waals surface area contributed by atoms with Gasteiger partial charge in [-0.25, -0.2) is 4.79 Å². The molecule has 3 heterocycles. The summed E-state index contributed by atoms with van der Waals surface area (Å²) in [6.07, 6.45) is 9.46. The summed E-state index contributed by atoms with van der Waals surface area (Å²) >= 11 is 0. The first-order chi connectivity index (χ1) is 16.7. The molecule has 35 heavy (non-hydrogen) atoms. The van der Waals surface area contributed by atoms with Gasteiger partial charge in [0.05, 0.1) is 24.5 Å². The third-order valence-corrected chi connectivity index (χ3v) is 7.41. The average molecular weight is 477 g/mol. The van der Waals surface area contributed by atoms with Gasteiger partial charge in [-0.1, -0.05) is 12.8 Å². The van der Waals surface area contributed by atoms with Crippen LogP contribution in [0.2, 0.25) is 0 Å². The van der Waals surface area contributed by atoms with Crippen LogP contribution in [-0.2, 0) is 5.54 Å². The van der Waals surface area contributed by atoms with E-state index in [1.165, 1.54) is 12.3 Å². The molecule has 0 saturated heterocycles. The Morgan fingerprint density at radius 2 is 1.77 bits per heavy atom. The molecule has 0 atom stereocenters. The van der Waals surface area contributed by atoms with Gasteiger partial charge in [0.25, 0.3) is 0 Å². The van der Waals surface area contributed by atoms with Gasteiger partial charge in [0.1, 0.15) is 11.3 Å². The van der Waals surface area contributed by atoms with Crippen molar-refractivity contribution in [3.05, 3.63) is 58.1 Å². The Morgan fingerprint density at radius 3 is 2.34 bits per heavy atom.